The van der Waals surface area contributed by atoms with Crippen molar-refractivity contribution in [3.8, 4) is 0 Å². The number of halogens is 2. The maximum absolute atomic E-state index is 12.8. The van der Waals surface area contributed by atoms with E-state index in [9.17, 15) is 4.79 Å². The first-order valence-corrected chi connectivity index (χ1v) is 10.1. The zero-order valence-electron chi connectivity index (χ0n) is 15.7. The lowest BCUT2D eigenvalue weighted by atomic mass is 10.0. The van der Waals surface area contributed by atoms with Crippen molar-refractivity contribution in [2.24, 2.45) is 11.8 Å². The molecule has 1 amide bonds. The van der Waals surface area contributed by atoms with Crippen molar-refractivity contribution in [1.29, 1.82) is 0 Å². The monoisotopic (exact) mass is 419 g/mol. The smallest absolute Gasteiger partial charge is 0.343 e. The van der Waals surface area contributed by atoms with Crippen LogP contribution in [0, 0.1) is 11.8 Å². The summed E-state index contributed by atoms with van der Waals surface area (Å²) in [6, 6.07) is 7.36. The first-order valence-electron chi connectivity index (χ1n) is 9.33. The third-order valence-corrected chi connectivity index (χ3v) is 5.95. The van der Waals surface area contributed by atoms with E-state index in [2.05, 4.69) is 21.9 Å². The fourth-order valence-corrected chi connectivity index (χ4v) is 4.60. The summed E-state index contributed by atoms with van der Waals surface area (Å²) < 4.78 is 1.40. The van der Waals surface area contributed by atoms with Crippen LogP contribution < -0.4 is 5.32 Å². The average Bonchev–Trinajstić information content (AvgIpc) is 3.31. The molecule has 2 aliphatic rings. The molecule has 4 rings (SSSR count). The maximum Gasteiger partial charge on any atom is 0.344 e. The van der Waals surface area contributed by atoms with E-state index in [0.717, 1.165) is 44.0 Å². The Kier molecular flexibility index (Phi) is 5.36. The highest BCUT2D eigenvalue weighted by Crippen LogP contribution is 2.33. The Morgan fingerprint density at radius 3 is 2.57 bits per heavy atom. The lowest BCUT2D eigenvalue weighted by Gasteiger charge is -2.21. The molecule has 2 fully saturated rings. The van der Waals surface area contributed by atoms with Crippen molar-refractivity contribution in [3.63, 3.8) is 0 Å². The molecule has 0 bridgehead atoms. The molecule has 2 aromatic rings. The molecule has 148 valence electrons. The van der Waals surface area contributed by atoms with Crippen LogP contribution in [0.5, 0.6) is 0 Å². The molecule has 1 aromatic heterocycles. The normalized spacial score (nSPS) is 21.8. The number of allylic oxidation sites excluding steroid dienone is 1. The number of nitrogens with one attached hydrogen (secondary N) is 1. The standard InChI is InChI=1S/C20H23Cl2N5O/c1-13(2)23-19-5-6-27(24-19)20(28)26-11-15-9-25(10-16(15)12-26)8-14-3-4-17(21)7-18(14)22/h3-7,15-16H,1,8-12H2,2H3,(H,23,24). The second-order valence-electron chi connectivity index (χ2n) is 7.69. The molecule has 1 N–H and O–H groups in total. The van der Waals surface area contributed by atoms with Crippen LogP contribution in [-0.2, 0) is 6.54 Å². The number of nitrogens with zero attached hydrogens (tertiary/aromatic N) is 4. The van der Waals surface area contributed by atoms with Crippen molar-refractivity contribution >= 4 is 35.1 Å². The van der Waals surface area contributed by atoms with Gasteiger partial charge >= 0.3 is 6.03 Å². The van der Waals surface area contributed by atoms with E-state index in [1.165, 1.54) is 4.68 Å². The summed E-state index contributed by atoms with van der Waals surface area (Å²) >= 11 is 12.3. The minimum atomic E-state index is -0.0727. The van der Waals surface area contributed by atoms with E-state index < -0.39 is 0 Å². The highest BCUT2D eigenvalue weighted by Gasteiger charge is 2.42. The van der Waals surface area contributed by atoms with Gasteiger partial charge in [-0.2, -0.15) is 4.68 Å². The van der Waals surface area contributed by atoms with Gasteiger partial charge in [0.1, 0.15) is 0 Å². The van der Waals surface area contributed by atoms with E-state index in [1.54, 1.807) is 18.3 Å². The number of benzene rings is 1. The Bertz CT molecular complexity index is 898. The van der Waals surface area contributed by atoms with Gasteiger partial charge in [-0.1, -0.05) is 35.8 Å². The Hall–Kier alpha value is -2.02. The number of carbonyl (C=O) groups is 1. The molecule has 8 heteroatoms. The first-order chi connectivity index (χ1) is 13.4. The number of anilines is 1. The Morgan fingerprint density at radius 2 is 1.93 bits per heavy atom. The summed E-state index contributed by atoms with van der Waals surface area (Å²) in [4.78, 5) is 17.1. The molecule has 1 aromatic carbocycles. The van der Waals surface area contributed by atoms with Crippen LogP contribution in [0.25, 0.3) is 0 Å². The molecule has 3 heterocycles. The molecule has 0 aliphatic carbocycles. The number of amides is 1. The third kappa shape index (κ3) is 4.04. The van der Waals surface area contributed by atoms with E-state index >= 15 is 0 Å². The van der Waals surface area contributed by atoms with Crippen molar-refractivity contribution in [3.05, 3.63) is 58.3 Å². The van der Waals surface area contributed by atoms with Gasteiger partial charge < -0.3 is 10.2 Å². The van der Waals surface area contributed by atoms with Gasteiger partial charge in [0.15, 0.2) is 5.82 Å². The van der Waals surface area contributed by atoms with E-state index in [-0.39, 0.29) is 6.03 Å². The van der Waals surface area contributed by atoms with Crippen molar-refractivity contribution in [2.75, 3.05) is 31.5 Å². The second kappa shape index (κ2) is 7.78. The van der Waals surface area contributed by atoms with E-state index in [4.69, 9.17) is 23.2 Å². The van der Waals surface area contributed by atoms with Crippen LogP contribution in [-0.4, -0.2) is 51.8 Å². The minimum Gasteiger partial charge on any atom is -0.343 e. The van der Waals surface area contributed by atoms with Gasteiger partial charge in [0.2, 0.25) is 0 Å². The molecule has 6 nitrogen and oxygen atoms in total. The number of hydrogen-bond donors (Lipinski definition) is 1. The molecular formula is C20H23Cl2N5O. The molecule has 2 saturated heterocycles. The Balaban J connectivity index is 1.34. The SMILES string of the molecule is C=C(C)Nc1ccn(C(=O)N2CC3CN(Cc4ccc(Cl)cc4Cl)CC3C2)n1. The highest BCUT2D eigenvalue weighted by molar-refractivity contribution is 6.35. The zero-order chi connectivity index (χ0) is 19.8. The van der Waals surface area contributed by atoms with Crippen LogP contribution in [0.2, 0.25) is 10.0 Å². The van der Waals surface area contributed by atoms with Gasteiger partial charge in [-0.3, -0.25) is 4.90 Å². The van der Waals surface area contributed by atoms with Crippen LogP contribution in [0.15, 0.2) is 42.7 Å². The van der Waals surface area contributed by atoms with Crippen LogP contribution >= 0.6 is 23.2 Å². The van der Waals surface area contributed by atoms with Gasteiger partial charge in [0, 0.05) is 60.7 Å². The van der Waals surface area contributed by atoms with E-state index in [1.807, 2.05) is 24.0 Å². The number of likely N-dealkylation sites (tertiary alicyclic amines) is 2. The summed E-state index contributed by atoms with van der Waals surface area (Å²) in [5, 5.41) is 8.68. The molecular weight excluding hydrogens is 397 g/mol. The summed E-state index contributed by atoms with van der Waals surface area (Å²) in [5.74, 6) is 1.60. The van der Waals surface area contributed by atoms with Crippen LogP contribution in [0.4, 0.5) is 10.6 Å². The molecule has 2 unspecified atom stereocenters. The molecule has 0 radical (unpaired) electrons. The predicted octanol–water partition coefficient (Wildman–Crippen LogP) is 4.17. The lowest BCUT2D eigenvalue weighted by Crippen LogP contribution is -2.36. The topological polar surface area (TPSA) is 53.4 Å². The van der Waals surface area contributed by atoms with Gasteiger partial charge in [-0.25, -0.2) is 4.79 Å². The number of aromatic nitrogens is 2. The van der Waals surface area contributed by atoms with Crippen LogP contribution in [0.1, 0.15) is 12.5 Å². The van der Waals surface area contributed by atoms with Gasteiger partial charge in [0.25, 0.3) is 0 Å². The van der Waals surface area contributed by atoms with E-state index in [0.29, 0.717) is 27.7 Å². The molecule has 2 aliphatic heterocycles. The molecule has 0 spiro atoms. The van der Waals surface area contributed by atoms with Gasteiger partial charge in [-0.05, 0) is 36.5 Å². The third-order valence-electron chi connectivity index (χ3n) is 5.37. The predicted molar refractivity (Wildman–Crippen MR) is 112 cm³/mol. The average molecular weight is 420 g/mol. The lowest BCUT2D eigenvalue weighted by molar-refractivity contribution is 0.197. The number of hydrogen-bond acceptors (Lipinski definition) is 4. The second-order valence-corrected chi connectivity index (χ2v) is 8.53. The summed E-state index contributed by atoms with van der Waals surface area (Å²) in [7, 11) is 0. The maximum atomic E-state index is 12.8. The largest absolute Gasteiger partial charge is 0.344 e. The zero-order valence-corrected chi connectivity index (χ0v) is 17.2. The summed E-state index contributed by atoms with van der Waals surface area (Å²) in [6.07, 6.45) is 1.69. The number of fused-ring (bicyclic) bond motifs is 1. The van der Waals surface area contributed by atoms with Gasteiger partial charge in [0.05, 0.1) is 0 Å². The van der Waals surface area contributed by atoms with Gasteiger partial charge in [-0.15, -0.1) is 5.10 Å². The number of rotatable bonds is 4. The molecule has 2 atom stereocenters. The number of carbonyl (C=O) groups excluding carboxylic acids is 1. The Labute approximate surface area is 174 Å². The molecule has 28 heavy (non-hydrogen) atoms. The fraction of sp³-hybridized carbons (Fsp3) is 0.400. The minimum absolute atomic E-state index is 0.0727. The van der Waals surface area contributed by atoms with Crippen molar-refractivity contribution < 1.29 is 4.79 Å². The summed E-state index contributed by atoms with van der Waals surface area (Å²) in [6.45, 7) is 9.91. The van der Waals surface area contributed by atoms with Crippen molar-refractivity contribution in [1.82, 2.24) is 19.6 Å². The van der Waals surface area contributed by atoms with Crippen LogP contribution in [0.3, 0.4) is 0 Å². The Morgan fingerprint density at radius 1 is 1.21 bits per heavy atom. The highest BCUT2D eigenvalue weighted by atomic mass is 35.5. The van der Waals surface area contributed by atoms with Crippen molar-refractivity contribution in [2.45, 2.75) is 13.5 Å². The first kappa shape index (κ1) is 19.3. The quantitative estimate of drug-likeness (QED) is 0.807. The summed E-state index contributed by atoms with van der Waals surface area (Å²) in [5.41, 5.74) is 1.88. The molecule has 0 saturated carbocycles. The fourth-order valence-electron chi connectivity index (χ4n) is 4.13.